The van der Waals surface area contributed by atoms with Crippen LogP contribution in [0.25, 0.3) is 0 Å². The predicted molar refractivity (Wildman–Crippen MR) is 60.5 cm³/mol. The summed E-state index contributed by atoms with van der Waals surface area (Å²) in [6, 6.07) is 4.84. The number of benzene rings is 1. The van der Waals surface area contributed by atoms with Crippen LogP contribution in [0.15, 0.2) is 18.2 Å². The lowest BCUT2D eigenvalue weighted by atomic mass is 10.2. The Bertz CT molecular complexity index is 357. The molecule has 1 aromatic carbocycles. The molecule has 0 unspecified atom stereocenters. The van der Waals surface area contributed by atoms with Gasteiger partial charge in [0, 0.05) is 16.6 Å². The highest BCUT2D eigenvalue weighted by Crippen LogP contribution is 2.20. The summed E-state index contributed by atoms with van der Waals surface area (Å²) in [5.41, 5.74) is 0.757. The molecular formula is C9H8Cl3NO2. The van der Waals surface area contributed by atoms with Gasteiger partial charge >= 0.3 is 6.09 Å². The normalized spacial score (nSPS) is 9.80. The molecule has 0 aliphatic heterocycles. The molecule has 0 aromatic heterocycles. The summed E-state index contributed by atoms with van der Waals surface area (Å²) in [7, 11) is 0. The molecule has 6 heteroatoms. The zero-order valence-electron chi connectivity index (χ0n) is 7.60. The first-order valence-electron chi connectivity index (χ1n) is 4.04. The molecule has 0 bridgehead atoms. The largest absolute Gasteiger partial charge is 0.433 e. The van der Waals surface area contributed by atoms with Gasteiger partial charge in [0.2, 0.25) is 0 Å². The first kappa shape index (κ1) is 12.4. The van der Waals surface area contributed by atoms with E-state index in [0.717, 1.165) is 5.56 Å². The number of amides is 1. The highest BCUT2D eigenvalue weighted by molar-refractivity contribution is 6.35. The van der Waals surface area contributed by atoms with Gasteiger partial charge in [-0.05, 0) is 17.7 Å². The Morgan fingerprint density at radius 3 is 2.73 bits per heavy atom. The van der Waals surface area contributed by atoms with E-state index >= 15 is 0 Å². The van der Waals surface area contributed by atoms with Crippen LogP contribution < -0.4 is 5.32 Å². The predicted octanol–water partition coefficient (Wildman–Crippen LogP) is 3.42. The number of carbonyl (C=O) groups excluding carboxylic acids is 1. The fraction of sp³-hybridized carbons (Fsp3) is 0.222. The Morgan fingerprint density at radius 1 is 1.40 bits per heavy atom. The SMILES string of the molecule is O=C(NCc1ccc(Cl)cc1Cl)OCCl. The Hall–Kier alpha value is -0.640. The summed E-state index contributed by atoms with van der Waals surface area (Å²) in [6.07, 6.45) is -0.587. The Kier molecular flexibility index (Phi) is 5.02. The van der Waals surface area contributed by atoms with Crippen LogP contribution in [0, 0.1) is 0 Å². The summed E-state index contributed by atoms with van der Waals surface area (Å²) in [5.74, 6) is 0. The Balaban J connectivity index is 2.54. The van der Waals surface area contributed by atoms with Gasteiger partial charge in [-0.15, -0.1) is 0 Å². The number of hydrogen-bond donors (Lipinski definition) is 1. The third kappa shape index (κ3) is 4.16. The van der Waals surface area contributed by atoms with Gasteiger partial charge in [0.25, 0.3) is 0 Å². The molecule has 1 N–H and O–H groups in total. The van der Waals surface area contributed by atoms with E-state index in [1.54, 1.807) is 18.2 Å². The number of halogens is 3. The molecule has 0 aliphatic rings. The molecule has 0 atom stereocenters. The molecule has 1 aromatic rings. The molecule has 0 spiro atoms. The first-order chi connectivity index (χ1) is 7.13. The van der Waals surface area contributed by atoms with Gasteiger partial charge in [-0.1, -0.05) is 40.9 Å². The molecule has 0 fully saturated rings. The maximum Gasteiger partial charge on any atom is 0.408 e. The van der Waals surface area contributed by atoms with E-state index in [1.807, 2.05) is 0 Å². The van der Waals surface area contributed by atoms with E-state index in [0.29, 0.717) is 10.0 Å². The van der Waals surface area contributed by atoms with Crippen molar-refractivity contribution < 1.29 is 9.53 Å². The van der Waals surface area contributed by atoms with Crippen molar-refractivity contribution in [1.82, 2.24) is 5.32 Å². The van der Waals surface area contributed by atoms with Gasteiger partial charge in [0.05, 0.1) is 0 Å². The zero-order chi connectivity index (χ0) is 11.3. The van der Waals surface area contributed by atoms with Crippen molar-refractivity contribution in [3.05, 3.63) is 33.8 Å². The van der Waals surface area contributed by atoms with E-state index in [2.05, 4.69) is 10.1 Å². The minimum Gasteiger partial charge on any atom is -0.433 e. The second kappa shape index (κ2) is 6.05. The Morgan fingerprint density at radius 2 is 2.13 bits per heavy atom. The van der Waals surface area contributed by atoms with Crippen molar-refractivity contribution in [3.8, 4) is 0 Å². The van der Waals surface area contributed by atoms with E-state index in [-0.39, 0.29) is 12.6 Å². The molecule has 0 saturated heterocycles. The van der Waals surface area contributed by atoms with Crippen LogP contribution in [0.2, 0.25) is 10.0 Å². The number of rotatable bonds is 3. The van der Waals surface area contributed by atoms with Crippen molar-refractivity contribution in [3.63, 3.8) is 0 Å². The van der Waals surface area contributed by atoms with Crippen molar-refractivity contribution in [2.24, 2.45) is 0 Å². The lowest BCUT2D eigenvalue weighted by Gasteiger charge is -2.06. The van der Waals surface area contributed by atoms with E-state index in [9.17, 15) is 4.79 Å². The number of carbonyl (C=O) groups is 1. The second-order valence-electron chi connectivity index (χ2n) is 2.63. The average molecular weight is 269 g/mol. The number of hydrogen-bond acceptors (Lipinski definition) is 2. The minimum absolute atomic E-state index is 0.180. The van der Waals surface area contributed by atoms with Crippen LogP contribution in [0.3, 0.4) is 0 Å². The summed E-state index contributed by atoms with van der Waals surface area (Å²) in [6.45, 7) is 0.270. The standard InChI is InChI=1S/C9H8Cl3NO2/c10-5-15-9(14)13-4-6-1-2-7(11)3-8(6)12/h1-3H,4-5H2,(H,13,14). The van der Waals surface area contributed by atoms with Gasteiger partial charge in [-0.3, -0.25) is 0 Å². The monoisotopic (exact) mass is 267 g/mol. The first-order valence-corrected chi connectivity index (χ1v) is 5.33. The van der Waals surface area contributed by atoms with Gasteiger partial charge in [0.15, 0.2) is 6.07 Å². The van der Waals surface area contributed by atoms with Crippen molar-refractivity contribution >= 4 is 40.9 Å². The summed E-state index contributed by atoms with van der Waals surface area (Å²) in [4.78, 5) is 10.9. The van der Waals surface area contributed by atoms with Crippen LogP contribution in [0.4, 0.5) is 4.79 Å². The Labute approximate surface area is 102 Å². The van der Waals surface area contributed by atoms with Crippen LogP contribution in [-0.4, -0.2) is 12.2 Å². The van der Waals surface area contributed by atoms with Crippen molar-refractivity contribution in [2.75, 3.05) is 6.07 Å². The second-order valence-corrected chi connectivity index (χ2v) is 3.69. The quantitative estimate of drug-likeness (QED) is 0.853. The van der Waals surface area contributed by atoms with Gasteiger partial charge < -0.3 is 10.1 Å². The maximum absolute atomic E-state index is 10.9. The molecule has 1 rings (SSSR count). The molecule has 0 saturated carbocycles. The fourth-order valence-electron chi connectivity index (χ4n) is 0.933. The average Bonchev–Trinajstić information content (AvgIpc) is 2.17. The molecule has 82 valence electrons. The van der Waals surface area contributed by atoms with Crippen LogP contribution in [0.5, 0.6) is 0 Å². The van der Waals surface area contributed by atoms with Gasteiger partial charge in [-0.2, -0.15) is 0 Å². The van der Waals surface area contributed by atoms with Gasteiger partial charge in [0.1, 0.15) is 0 Å². The zero-order valence-corrected chi connectivity index (χ0v) is 9.86. The molecule has 15 heavy (non-hydrogen) atoms. The van der Waals surface area contributed by atoms with Crippen LogP contribution in [0.1, 0.15) is 5.56 Å². The highest BCUT2D eigenvalue weighted by atomic mass is 35.5. The number of ether oxygens (including phenoxy) is 1. The minimum atomic E-state index is -0.587. The lowest BCUT2D eigenvalue weighted by Crippen LogP contribution is -2.23. The molecule has 0 aliphatic carbocycles. The molecular weight excluding hydrogens is 260 g/mol. The van der Waals surface area contributed by atoms with Crippen molar-refractivity contribution in [1.29, 1.82) is 0 Å². The lowest BCUT2D eigenvalue weighted by molar-refractivity contribution is 0.164. The number of alkyl halides is 1. The molecule has 3 nitrogen and oxygen atoms in total. The summed E-state index contributed by atoms with van der Waals surface area (Å²) >= 11 is 16.8. The van der Waals surface area contributed by atoms with E-state index < -0.39 is 6.09 Å². The maximum atomic E-state index is 10.9. The topological polar surface area (TPSA) is 38.3 Å². The molecule has 0 radical (unpaired) electrons. The molecule has 0 heterocycles. The third-order valence-electron chi connectivity index (χ3n) is 1.62. The third-order valence-corrected chi connectivity index (χ3v) is 2.32. The van der Waals surface area contributed by atoms with Gasteiger partial charge in [-0.25, -0.2) is 4.79 Å². The molecule has 1 amide bonds. The number of alkyl carbamates (subject to hydrolysis) is 1. The van der Waals surface area contributed by atoms with Crippen molar-refractivity contribution in [2.45, 2.75) is 6.54 Å². The van der Waals surface area contributed by atoms with E-state index in [4.69, 9.17) is 34.8 Å². The number of nitrogens with one attached hydrogen (secondary N) is 1. The fourth-order valence-corrected chi connectivity index (χ4v) is 1.51. The highest BCUT2D eigenvalue weighted by Gasteiger charge is 2.04. The van der Waals surface area contributed by atoms with E-state index in [1.165, 1.54) is 0 Å². The summed E-state index contributed by atoms with van der Waals surface area (Å²) < 4.78 is 4.47. The van der Waals surface area contributed by atoms with Crippen LogP contribution >= 0.6 is 34.8 Å². The smallest absolute Gasteiger partial charge is 0.408 e. The summed E-state index contributed by atoms with van der Waals surface area (Å²) in [5, 5.41) is 3.53. The van der Waals surface area contributed by atoms with Crippen LogP contribution in [-0.2, 0) is 11.3 Å².